The van der Waals surface area contributed by atoms with Crippen molar-refractivity contribution in [1.29, 1.82) is 0 Å². The standard InChI is InChI=1S/C27H25BrN2O5/c1-2-30(12-11-25(31)32)26(33)17-13-18(28)15-19(14-17)29-27(34)35-16-24-22-9-5-3-7-20(22)21-8-4-6-10-23(21)24/h3-10,13-15,24H,2,11-12,16H2,1H3,(H,29,34)(H,31,32). The van der Waals surface area contributed by atoms with Crippen LogP contribution in [0.15, 0.2) is 71.2 Å². The van der Waals surface area contributed by atoms with Crippen LogP contribution in [0.1, 0.15) is 40.7 Å². The number of rotatable bonds is 8. The highest BCUT2D eigenvalue weighted by molar-refractivity contribution is 9.10. The molecule has 3 aromatic rings. The van der Waals surface area contributed by atoms with E-state index in [1.165, 1.54) is 4.90 Å². The lowest BCUT2D eigenvalue weighted by molar-refractivity contribution is -0.137. The summed E-state index contributed by atoms with van der Waals surface area (Å²) in [5.74, 6) is -1.34. The van der Waals surface area contributed by atoms with Gasteiger partial charge in [-0.2, -0.15) is 0 Å². The molecule has 0 saturated heterocycles. The molecule has 2 N–H and O–H groups in total. The molecule has 3 aromatic carbocycles. The van der Waals surface area contributed by atoms with Gasteiger partial charge in [0, 0.05) is 34.7 Å². The van der Waals surface area contributed by atoms with E-state index in [4.69, 9.17) is 9.84 Å². The number of nitrogens with zero attached hydrogens (tertiary/aromatic N) is 1. The summed E-state index contributed by atoms with van der Waals surface area (Å²) in [4.78, 5) is 37.9. The number of nitrogens with one attached hydrogen (secondary N) is 1. The molecule has 0 bridgehead atoms. The predicted octanol–water partition coefficient (Wildman–Crippen LogP) is 5.75. The van der Waals surface area contributed by atoms with Gasteiger partial charge < -0.3 is 14.7 Å². The van der Waals surface area contributed by atoms with Crippen molar-refractivity contribution in [2.24, 2.45) is 0 Å². The Hall–Kier alpha value is -3.65. The van der Waals surface area contributed by atoms with Crippen LogP contribution in [0.3, 0.4) is 0 Å². The van der Waals surface area contributed by atoms with Gasteiger partial charge in [-0.25, -0.2) is 4.79 Å². The van der Waals surface area contributed by atoms with E-state index in [-0.39, 0.29) is 31.4 Å². The molecule has 0 spiro atoms. The van der Waals surface area contributed by atoms with Gasteiger partial charge in [-0.3, -0.25) is 14.9 Å². The fourth-order valence-electron chi connectivity index (χ4n) is 4.35. The number of ether oxygens (including phenoxy) is 1. The van der Waals surface area contributed by atoms with Gasteiger partial charge in [0.05, 0.1) is 6.42 Å². The number of anilines is 1. The Balaban J connectivity index is 1.44. The Morgan fingerprint density at radius 1 is 1.00 bits per heavy atom. The van der Waals surface area contributed by atoms with Gasteiger partial charge >= 0.3 is 12.1 Å². The molecule has 7 nitrogen and oxygen atoms in total. The Morgan fingerprint density at radius 3 is 2.23 bits per heavy atom. The maximum Gasteiger partial charge on any atom is 0.411 e. The molecule has 1 aliphatic rings. The van der Waals surface area contributed by atoms with Crippen molar-refractivity contribution in [3.05, 3.63) is 87.9 Å². The topological polar surface area (TPSA) is 95.9 Å². The number of fused-ring (bicyclic) bond motifs is 3. The minimum absolute atomic E-state index is 0.0554. The molecule has 0 aliphatic heterocycles. The van der Waals surface area contributed by atoms with Crippen molar-refractivity contribution in [3.8, 4) is 11.1 Å². The van der Waals surface area contributed by atoms with Crippen LogP contribution in [-0.4, -0.2) is 47.7 Å². The third-order valence-electron chi connectivity index (χ3n) is 6.00. The third-order valence-corrected chi connectivity index (χ3v) is 6.46. The van der Waals surface area contributed by atoms with Crippen LogP contribution in [0.25, 0.3) is 11.1 Å². The van der Waals surface area contributed by atoms with E-state index in [2.05, 4.69) is 45.5 Å². The first kappa shape index (κ1) is 24.5. The number of carbonyl (C=O) groups is 3. The van der Waals surface area contributed by atoms with Crippen molar-refractivity contribution in [2.45, 2.75) is 19.3 Å². The number of carboxylic acid groups (broad SMARTS) is 1. The van der Waals surface area contributed by atoms with Crippen LogP contribution in [0.2, 0.25) is 0 Å². The highest BCUT2D eigenvalue weighted by atomic mass is 79.9. The lowest BCUT2D eigenvalue weighted by Gasteiger charge is -2.20. The van der Waals surface area contributed by atoms with Crippen LogP contribution in [-0.2, 0) is 9.53 Å². The van der Waals surface area contributed by atoms with Crippen molar-refractivity contribution < 1.29 is 24.2 Å². The van der Waals surface area contributed by atoms with E-state index in [0.29, 0.717) is 22.3 Å². The van der Waals surface area contributed by atoms with Crippen molar-refractivity contribution >= 4 is 39.6 Å². The van der Waals surface area contributed by atoms with Gasteiger partial charge in [-0.05, 0) is 47.4 Å². The molecule has 4 rings (SSSR count). The van der Waals surface area contributed by atoms with Crippen molar-refractivity contribution in [2.75, 3.05) is 25.0 Å². The number of hydrogen-bond acceptors (Lipinski definition) is 4. The quantitative estimate of drug-likeness (QED) is 0.382. The van der Waals surface area contributed by atoms with Crippen LogP contribution < -0.4 is 5.32 Å². The molecule has 0 heterocycles. The summed E-state index contributed by atoms with van der Waals surface area (Å²) in [6.45, 7) is 2.44. The Morgan fingerprint density at radius 2 is 1.63 bits per heavy atom. The molecule has 8 heteroatoms. The number of carboxylic acids is 1. The average molecular weight is 537 g/mol. The molecule has 0 atom stereocenters. The summed E-state index contributed by atoms with van der Waals surface area (Å²) < 4.78 is 6.19. The van der Waals surface area contributed by atoms with Gasteiger partial charge in [0.15, 0.2) is 0 Å². The van der Waals surface area contributed by atoms with E-state index in [9.17, 15) is 14.4 Å². The lowest BCUT2D eigenvalue weighted by atomic mass is 9.98. The smallest absolute Gasteiger partial charge is 0.411 e. The first-order valence-electron chi connectivity index (χ1n) is 11.3. The summed E-state index contributed by atoms with van der Waals surface area (Å²) in [6, 6.07) is 21.1. The largest absolute Gasteiger partial charge is 0.481 e. The fraction of sp³-hybridized carbons (Fsp3) is 0.222. The molecule has 180 valence electrons. The second-order valence-corrected chi connectivity index (χ2v) is 9.12. The fourth-order valence-corrected chi connectivity index (χ4v) is 4.85. The summed E-state index contributed by atoms with van der Waals surface area (Å²) in [5.41, 5.74) is 5.27. The van der Waals surface area contributed by atoms with Crippen molar-refractivity contribution in [3.63, 3.8) is 0 Å². The van der Waals surface area contributed by atoms with Gasteiger partial charge in [-0.1, -0.05) is 64.5 Å². The zero-order valence-electron chi connectivity index (χ0n) is 19.2. The molecular formula is C27H25BrN2O5. The van der Waals surface area contributed by atoms with Gasteiger partial charge in [0.1, 0.15) is 6.61 Å². The molecule has 0 saturated carbocycles. The zero-order chi connectivity index (χ0) is 24.9. The summed E-state index contributed by atoms with van der Waals surface area (Å²) >= 11 is 3.38. The van der Waals surface area contributed by atoms with Crippen LogP contribution in [0, 0.1) is 0 Å². The Kier molecular flexibility index (Phi) is 7.51. The molecule has 35 heavy (non-hydrogen) atoms. The monoisotopic (exact) mass is 536 g/mol. The minimum Gasteiger partial charge on any atom is -0.481 e. The lowest BCUT2D eigenvalue weighted by Crippen LogP contribution is -2.33. The van der Waals surface area contributed by atoms with Crippen LogP contribution in [0.5, 0.6) is 0 Å². The third kappa shape index (κ3) is 5.54. The number of halogens is 1. The predicted molar refractivity (Wildman–Crippen MR) is 137 cm³/mol. The Labute approximate surface area is 211 Å². The van der Waals surface area contributed by atoms with E-state index >= 15 is 0 Å². The van der Waals surface area contributed by atoms with Gasteiger partial charge in [0.25, 0.3) is 5.91 Å². The molecule has 0 fully saturated rings. The highest BCUT2D eigenvalue weighted by Crippen LogP contribution is 2.44. The Bertz CT molecular complexity index is 1230. The van der Waals surface area contributed by atoms with E-state index in [1.807, 2.05) is 24.3 Å². The van der Waals surface area contributed by atoms with E-state index in [1.54, 1.807) is 25.1 Å². The summed E-state index contributed by atoms with van der Waals surface area (Å²) in [6.07, 6.45) is -0.764. The molecule has 0 radical (unpaired) electrons. The normalized spacial score (nSPS) is 11.9. The molecule has 1 aliphatic carbocycles. The number of hydrogen-bond donors (Lipinski definition) is 2. The van der Waals surface area contributed by atoms with Crippen LogP contribution in [0.4, 0.5) is 10.5 Å². The van der Waals surface area contributed by atoms with Crippen molar-refractivity contribution in [1.82, 2.24) is 4.90 Å². The molecule has 2 amide bonds. The van der Waals surface area contributed by atoms with E-state index < -0.39 is 12.1 Å². The zero-order valence-corrected chi connectivity index (χ0v) is 20.7. The molecular weight excluding hydrogens is 512 g/mol. The number of carbonyl (C=O) groups excluding carboxylic acids is 2. The summed E-state index contributed by atoms with van der Waals surface area (Å²) in [5, 5.41) is 11.6. The number of aliphatic carboxylic acids is 1. The van der Waals surface area contributed by atoms with Gasteiger partial charge in [0.2, 0.25) is 0 Å². The van der Waals surface area contributed by atoms with Crippen LogP contribution >= 0.6 is 15.9 Å². The summed E-state index contributed by atoms with van der Waals surface area (Å²) in [7, 11) is 0. The highest BCUT2D eigenvalue weighted by Gasteiger charge is 2.29. The first-order chi connectivity index (χ1) is 16.9. The minimum atomic E-state index is -0.969. The SMILES string of the molecule is CCN(CCC(=O)O)C(=O)c1cc(Br)cc(NC(=O)OCC2c3ccccc3-c3ccccc32)c1. The van der Waals surface area contributed by atoms with E-state index in [0.717, 1.165) is 22.3 Å². The first-order valence-corrected chi connectivity index (χ1v) is 12.1. The van der Waals surface area contributed by atoms with Gasteiger partial charge in [-0.15, -0.1) is 0 Å². The second kappa shape index (κ2) is 10.7. The second-order valence-electron chi connectivity index (χ2n) is 8.21. The number of amides is 2. The molecule has 0 aromatic heterocycles. The molecule has 0 unspecified atom stereocenters. The maximum atomic E-state index is 12.9. The maximum absolute atomic E-state index is 12.9. The average Bonchev–Trinajstić information content (AvgIpc) is 3.16. The number of benzene rings is 3.